The van der Waals surface area contributed by atoms with Gasteiger partial charge >= 0.3 is 0 Å². The number of hydrogen-bond acceptors (Lipinski definition) is 3. The summed E-state index contributed by atoms with van der Waals surface area (Å²) in [6.45, 7) is 1.75. The predicted octanol–water partition coefficient (Wildman–Crippen LogP) is 3.73. The van der Waals surface area contributed by atoms with Crippen LogP contribution in [0.25, 0.3) is 0 Å². The van der Waals surface area contributed by atoms with Crippen molar-refractivity contribution in [2.45, 2.75) is 12.8 Å². The fourth-order valence-corrected chi connectivity index (χ4v) is 1.91. The third kappa shape index (κ3) is 2.44. The molecule has 0 N–H and O–H groups in total. The lowest BCUT2D eigenvalue weighted by atomic mass is 9.93. The monoisotopic (exact) mass is 259 g/mol. The second-order valence-electron chi connectivity index (χ2n) is 3.93. The van der Waals surface area contributed by atoms with Gasteiger partial charge in [-0.3, -0.25) is 4.79 Å². The van der Waals surface area contributed by atoms with Crippen LogP contribution >= 0.6 is 11.6 Å². The number of furan rings is 1. The first-order valence-corrected chi connectivity index (χ1v) is 5.74. The Labute approximate surface area is 110 Å². The second kappa shape index (κ2) is 5.07. The molecule has 0 bridgehead atoms. The molecule has 90 valence electrons. The van der Waals surface area contributed by atoms with Crippen molar-refractivity contribution in [1.82, 2.24) is 0 Å². The number of carbonyl (C=O) groups is 1. The minimum absolute atomic E-state index is 0.281. The number of halogens is 1. The van der Waals surface area contributed by atoms with Crippen LogP contribution in [0.15, 0.2) is 41.0 Å². The summed E-state index contributed by atoms with van der Waals surface area (Å²) in [7, 11) is 0. The summed E-state index contributed by atoms with van der Waals surface area (Å²) in [5.74, 6) is -0.501. The van der Waals surface area contributed by atoms with E-state index in [9.17, 15) is 4.79 Å². The molecule has 0 fully saturated rings. The van der Waals surface area contributed by atoms with Gasteiger partial charge < -0.3 is 4.42 Å². The molecule has 1 unspecified atom stereocenters. The molecular formula is C14H10ClNO2. The summed E-state index contributed by atoms with van der Waals surface area (Å²) in [6.07, 6.45) is 1.37. The van der Waals surface area contributed by atoms with Crippen molar-refractivity contribution >= 4 is 17.4 Å². The fraction of sp³-hybridized carbons (Fsp3) is 0.143. The lowest BCUT2D eigenvalue weighted by Gasteiger charge is -2.07. The highest BCUT2D eigenvalue weighted by atomic mass is 35.5. The van der Waals surface area contributed by atoms with Crippen molar-refractivity contribution in [1.29, 1.82) is 5.26 Å². The zero-order chi connectivity index (χ0) is 13.1. The van der Waals surface area contributed by atoms with Gasteiger partial charge in [0.25, 0.3) is 0 Å². The number of carbonyl (C=O) groups excluding carboxylic acids is 1. The molecule has 0 radical (unpaired) electrons. The number of nitriles is 1. The van der Waals surface area contributed by atoms with Crippen molar-refractivity contribution in [3.8, 4) is 6.07 Å². The van der Waals surface area contributed by atoms with Gasteiger partial charge in [0, 0.05) is 5.02 Å². The molecule has 0 amide bonds. The number of hydrogen-bond donors (Lipinski definition) is 0. The van der Waals surface area contributed by atoms with Gasteiger partial charge in [0.15, 0.2) is 5.78 Å². The third-order valence-electron chi connectivity index (χ3n) is 2.59. The van der Waals surface area contributed by atoms with Gasteiger partial charge in [0.05, 0.1) is 11.6 Å². The Morgan fingerprint density at radius 2 is 2.22 bits per heavy atom. The standard InChI is InChI=1S/C14H10ClNO2/c1-9-5-11(8-18-9)14(17)13(7-16)10-3-2-4-12(15)6-10/h2-6,8,13H,1H3. The molecule has 2 aromatic rings. The highest BCUT2D eigenvalue weighted by Gasteiger charge is 2.23. The maximum atomic E-state index is 12.2. The van der Waals surface area contributed by atoms with E-state index in [1.165, 1.54) is 6.26 Å². The molecule has 0 aliphatic heterocycles. The molecule has 18 heavy (non-hydrogen) atoms. The Hall–Kier alpha value is -2.05. The molecule has 4 heteroatoms. The van der Waals surface area contributed by atoms with Crippen LogP contribution in [0.3, 0.4) is 0 Å². The van der Waals surface area contributed by atoms with Crippen LogP contribution in [0.4, 0.5) is 0 Å². The predicted molar refractivity (Wildman–Crippen MR) is 67.6 cm³/mol. The molecule has 0 aliphatic carbocycles. The van der Waals surface area contributed by atoms with E-state index in [1.54, 1.807) is 37.3 Å². The van der Waals surface area contributed by atoms with E-state index in [0.717, 1.165) is 0 Å². The van der Waals surface area contributed by atoms with Crippen molar-refractivity contribution in [2.75, 3.05) is 0 Å². The van der Waals surface area contributed by atoms with E-state index >= 15 is 0 Å². The summed E-state index contributed by atoms with van der Waals surface area (Å²) in [4.78, 5) is 12.2. The topological polar surface area (TPSA) is 54.0 Å². The van der Waals surface area contributed by atoms with E-state index in [-0.39, 0.29) is 5.78 Å². The molecule has 2 rings (SSSR count). The van der Waals surface area contributed by atoms with Crippen molar-refractivity contribution in [3.63, 3.8) is 0 Å². The summed E-state index contributed by atoms with van der Waals surface area (Å²) < 4.78 is 5.08. The van der Waals surface area contributed by atoms with E-state index in [2.05, 4.69) is 0 Å². The summed E-state index contributed by atoms with van der Waals surface area (Å²) >= 11 is 5.86. The highest BCUT2D eigenvalue weighted by molar-refractivity contribution is 6.30. The summed E-state index contributed by atoms with van der Waals surface area (Å²) in [6, 6.07) is 10.4. The van der Waals surface area contributed by atoms with Crippen LogP contribution < -0.4 is 0 Å². The lowest BCUT2D eigenvalue weighted by Crippen LogP contribution is -2.10. The fourth-order valence-electron chi connectivity index (χ4n) is 1.71. The number of nitrogens with zero attached hydrogens (tertiary/aromatic N) is 1. The van der Waals surface area contributed by atoms with Crippen LogP contribution in [-0.2, 0) is 0 Å². The minimum atomic E-state index is -0.860. The molecule has 0 saturated carbocycles. The van der Waals surface area contributed by atoms with Gasteiger partial charge in [-0.1, -0.05) is 23.7 Å². The van der Waals surface area contributed by atoms with Crippen LogP contribution in [0.5, 0.6) is 0 Å². The Bertz CT molecular complexity index is 625. The van der Waals surface area contributed by atoms with Gasteiger partial charge in [0.1, 0.15) is 17.9 Å². The zero-order valence-electron chi connectivity index (χ0n) is 9.68. The molecule has 1 atom stereocenters. The third-order valence-corrected chi connectivity index (χ3v) is 2.82. The number of aryl methyl sites for hydroxylation is 1. The number of benzene rings is 1. The normalized spacial score (nSPS) is 11.8. The Kier molecular flexibility index (Phi) is 3.50. The lowest BCUT2D eigenvalue weighted by molar-refractivity contribution is 0.0978. The maximum absolute atomic E-state index is 12.2. The van der Waals surface area contributed by atoms with E-state index in [4.69, 9.17) is 21.3 Å². The van der Waals surface area contributed by atoms with E-state index in [0.29, 0.717) is 21.9 Å². The van der Waals surface area contributed by atoms with Crippen molar-refractivity contribution < 1.29 is 9.21 Å². The first-order valence-electron chi connectivity index (χ1n) is 5.36. The minimum Gasteiger partial charge on any atom is -0.469 e. The Morgan fingerprint density at radius 1 is 1.44 bits per heavy atom. The molecule has 0 saturated heterocycles. The van der Waals surface area contributed by atoms with E-state index < -0.39 is 5.92 Å². The van der Waals surface area contributed by atoms with Gasteiger partial charge in [-0.05, 0) is 30.7 Å². The Balaban J connectivity index is 2.35. The average Bonchev–Trinajstić information content (AvgIpc) is 2.77. The molecule has 0 aliphatic rings. The van der Waals surface area contributed by atoms with Crippen LogP contribution in [0.1, 0.15) is 27.6 Å². The molecule has 1 aromatic heterocycles. The van der Waals surface area contributed by atoms with Crippen LogP contribution in [0, 0.1) is 18.3 Å². The van der Waals surface area contributed by atoms with Crippen LogP contribution in [0.2, 0.25) is 5.02 Å². The molecular weight excluding hydrogens is 250 g/mol. The maximum Gasteiger partial charge on any atom is 0.187 e. The average molecular weight is 260 g/mol. The quantitative estimate of drug-likeness (QED) is 0.789. The molecule has 3 nitrogen and oxygen atoms in total. The number of Topliss-reactive ketones (excluding diaryl/α,β-unsaturated/α-hetero) is 1. The summed E-state index contributed by atoms with van der Waals surface area (Å²) in [5.41, 5.74) is 0.993. The number of ketones is 1. The number of rotatable bonds is 3. The smallest absolute Gasteiger partial charge is 0.187 e. The molecule has 1 aromatic carbocycles. The Morgan fingerprint density at radius 3 is 2.78 bits per heavy atom. The second-order valence-corrected chi connectivity index (χ2v) is 4.36. The molecule has 0 spiro atoms. The van der Waals surface area contributed by atoms with Gasteiger partial charge in [-0.2, -0.15) is 5.26 Å². The summed E-state index contributed by atoms with van der Waals surface area (Å²) in [5, 5.41) is 9.67. The van der Waals surface area contributed by atoms with Crippen molar-refractivity contribution in [2.24, 2.45) is 0 Å². The molecule has 1 heterocycles. The first-order chi connectivity index (χ1) is 8.61. The zero-order valence-corrected chi connectivity index (χ0v) is 10.4. The van der Waals surface area contributed by atoms with Crippen molar-refractivity contribution in [3.05, 3.63) is 58.5 Å². The highest BCUT2D eigenvalue weighted by Crippen LogP contribution is 2.23. The first kappa shape index (κ1) is 12.4. The van der Waals surface area contributed by atoms with E-state index in [1.807, 2.05) is 6.07 Å². The van der Waals surface area contributed by atoms with Gasteiger partial charge in [-0.25, -0.2) is 0 Å². The largest absolute Gasteiger partial charge is 0.469 e. The van der Waals surface area contributed by atoms with Gasteiger partial charge in [0.2, 0.25) is 0 Å². The van der Waals surface area contributed by atoms with Crippen LogP contribution in [-0.4, -0.2) is 5.78 Å². The van der Waals surface area contributed by atoms with Gasteiger partial charge in [-0.15, -0.1) is 0 Å². The SMILES string of the molecule is Cc1cc(C(=O)C(C#N)c2cccc(Cl)c2)co1.